The minimum Gasteiger partial charge on any atom is -0.480 e. The Morgan fingerprint density at radius 1 is 0.972 bits per heavy atom. The van der Waals surface area contributed by atoms with Crippen LogP contribution in [-0.4, -0.2) is 44.5 Å². The fraction of sp³-hybridized carbons (Fsp3) is 0.192. The first-order valence-electron chi connectivity index (χ1n) is 11.4. The highest BCUT2D eigenvalue weighted by atomic mass is 16.4. The zero-order valence-electron chi connectivity index (χ0n) is 19.7. The van der Waals surface area contributed by atoms with Crippen LogP contribution in [0.25, 0.3) is 22.2 Å². The van der Waals surface area contributed by atoms with Crippen LogP contribution in [0.5, 0.6) is 0 Å². The number of carboxylic acids is 1. The summed E-state index contributed by atoms with van der Waals surface area (Å²) >= 11 is 0. The fourth-order valence-corrected chi connectivity index (χ4v) is 3.82. The van der Waals surface area contributed by atoms with Gasteiger partial charge in [0.1, 0.15) is 6.04 Å². The van der Waals surface area contributed by atoms with Crippen molar-refractivity contribution in [2.45, 2.75) is 25.4 Å². The van der Waals surface area contributed by atoms with Crippen LogP contribution in [0.2, 0.25) is 0 Å². The molecule has 0 radical (unpaired) electrons. The number of amides is 1. The van der Waals surface area contributed by atoms with Gasteiger partial charge in [-0.25, -0.2) is 4.79 Å². The minimum atomic E-state index is -1.14. The number of hydrogen-bond donors (Lipinski definition) is 5. The molecule has 1 aromatic heterocycles. The van der Waals surface area contributed by atoms with Crippen LogP contribution in [0, 0.1) is 0 Å². The maximum atomic E-state index is 11.5. The summed E-state index contributed by atoms with van der Waals surface area (Å²) in [6.45, 7) is 1.74. The lowest BCUT2D eigenvalue weighted by atomic mass is 10.0. The Morgan fingerprint density at radius 3 is 2.39 bits per heavy atom. The van der Waals surface area contributed by atoms with Gasteiger partial charge in [-0.2, -0.15) is 15.0 Å². The summed E-state index contributed by atoms with van der Waals surface area (Å²) in [4.78, 5) is 36.0. The molecule has 4 aromatic rings. The molecule has 1 heterocycles. The number of carboxylic acid groups (broad SMARTS) is 1. The third-order valence-electron chi connectivity index (χ3n) is 5.74. The highest BCUT2D eigenvalue weighted by Crippen LogP contribution is 2.24. The van der Waals surface area contributed by atoms with E-state index >= 15 is 0 Å². The molecule has 184 valence electrons. The number of benzene rings is 3. The van der Waals surface area contributed by atoms with E-state index in [2.05, 4.69) is 55.9 Å². The second-order valence-corrected chi connectivity index (χ2v) is 8.38. The molecule has 7 N–H and O–H groups in total. The smallest absolute Gasteiger partial charge is 0.326 e. The topological polar surface area (TPSA) is 169 Å². The van der Waals surface area contributed by atoms with Crippen molar-refractivity contribution in [3.8, 4) is 11.4 Å². The number of hydrogen-bond acceptors (Lipinski definition) is 8. The molecule has 0 spiro atoms. The van der Waals surface area contributed by atoms with Crippen LogP contribution < -0.4 is 22.1 Å². The van der Waals surface area contributed by atoms with E-state index in [0.717, 1.165) is 10.9 Å². The number of aliphatic carboxylic acids is 1. The number of anilines is 2. The standard InChI is InChI=1S/C26H27N7O3/c1-15(19-11-10-17-4-2-3-5-20(17)13-19)29-26-32-23(31-25(28)33-26)18-8-6-16(7-9-18)12-21(24(35)36)30-22(34)14-27/h2-11,13,15,21H,12,14,27H2,1H3,(H,30,34)(H,35,36)(H3,28,29,31,32,33)/t15-,21+/m1/s1. The van der Waals surface area contributed by atoms with Crippen LogP contribution in [0.3, 0.4) is 0 Å². The van der Waals surface area contributed by atoms with Crippen molar-refractivity contribution in [2.24, 2.45) is 5.73 Å². The quantitative estimate of drug-likeness (QED) is 0.239. The Hall–Kier alpha value is -4.57. The molecule has 0 aliphatic rings. The molecule has 10 nitrogen and oxygen atoms in total. The van der Waals surface area contributed by atoms with E-state index in [1.54, 1.807) is 24.3 Å². The first-order valence-corrected chi connectivity index (χ1v) is 11.4. The molecule has 0 fully saturated rings. The van der Waals surface area contributed by atoms with Crippen LogP contribution in [0.1, 0.15) is 24.1 Å². The van der Waals surface area contributed by atoms with Crippen LogP contribution in [0.4, 0.5) is 11.9 Å². The summed E-state index contributed by atoms with van der Waals surface area (Å²) in [7, 11) is 0. The van der Waals surface area contributed by atoms with Crippen molar-refractivity contribution in [1.82, 2.24) is 20.3 Å². The van der Waals surface area contributed by atoms with Crippen LogP contribution >= 0.6 is 0 Å². The lowest BCUT2D eigenvalue weighted by Gasteiger charge is -2.16. The molecule has 0 saturated carbocycles. The number of aromatic nitrogens is 3. The van der Waals surface area contributed by atoms with Crippen molar-refractivity contribution in [1.29, 1.82) is 0 Å². The molecular formula is C26H27N7O3. The molecule has 36 heavy (non-hydrogen) atoms. The maximum Gasteiger partial charge on any atom is 0.326 e. The molecule has 0 aliphatic heterocycles. The van der Waals surface area contributed by atoms with E-state index in [0.29, 0.717) is 22.9 Å². The minimum absolute atomic E-state index is 0.0766. The number of carbonyl (C=O) groups is 2. The average Bonchev–Trinajstić information content (AvgIpc) is 2.87. The van der Waals surface area contributed by atoms with Gasteiger partial charge in [-0.3, -0.25) is 4.79 Å². The Balaban J connectivity index is 1.50. The zero-order chi connectivity index (χ0) is 25.7. The van der Waals surface area contributed by atoms with Crippen molar-refractivity contribution in [2.75, 3.05) is 17.6 Å². The SMILES string of the molecule is C[C@@H](Nc1nc(N)nc(-c2ccc(C[C@H](NC(=O)CN)C(=O)O)cc2)n1)c1ccc2ccccc2c1. The Labute approximate surface area is 207 Å². The summed E-state index contributed by atoms with van der Waals surface area (Å²) in [6, 6.07) is 20.3. The molecule has 0 aliphatic carbocycles. The van der Waals surface area contributed by atoms with E-state index in [4.69, 9.17) is 11.5 Å². The van der Waals surface area contributed by atoms with Crippen LogP contribution in [0.15, 0.2) is 66.7 Å². The molecule has 1 amide bonds. The van der Waals surface area contributed by atoms with Gasteiger partial charge in [0.25, 0.3) is 0 Å². The van der Waals surface area contributed by atoms with Gasteiger partial charge in [-0.15, -0.1) is 0 Å². The normalized spacial score (nSPS) is 12.6. The van der Waals surface area contributed by atoms with Crippen molar-refractivity contribution in [3.63, 3.8) is 0 Å². The second-order valence-electron chi connectivity index (χ2n) is 8.38. The van der Waals surface area contributed by atoms with Gasteiger partial charge in [0.2, 0.25) is 17.8 Å². The number of rotatable bonds is 9. The Morgan fingerprint density at radius 2 is 1.69 bits per heavy atom. The number of nitrogen functional groups attached to an aromatic ring is 1. The summed E-state index contributed by atoms with van der Waals surface area (Å²) < 4.78 is 0. The van der Waals surface area contributed by atoms with Gasteiger partial charge in [-0.05, 0) is 34.9 Å². The molecule has 0 bridgehead atoms. The van der Waals surface area contributed by atoms with E-state index < -0.39 is 17.9 Å². The van der Waals surface area contributed by atoms with Gasteiger partial charge >= 0.3 is 5.97 Å². The number of nitrogens with one attached hydrogen (secondary N) is 2. The third-order valence-corrected chi connectivity index (χ3v) is 5.74. The summed E-state index contributed by atoms with van der Waals surface area (Å²) in [5.41, 5.74) is 13.7. The van der Waals surface area contributed by atoms with Gasteiger partial charge in [0, 0.05) is 12.0 Å². The monoisotopic (exact) mass is 485 g/mol. The molecule has 2 atom stereocenters. The molecule has 4 rings (SSSR count). The third kappa shape index (κ3) is 5.91. The summed E-state index contributed by atoms with van der Waals surface area (Å²) in [6.07, 6.45) is 0.108. The number of nitrogens with two attached hydrogens (primary N) is 2. The lowest BCUT2D eigenvalue weighted by molar-refractivity contribution is -0.141. The number of carbonyl (C=O) groups excluding carboxylic acids is 1. The molecule has 0 saturated heterocycles. The predicted molar refractivity (Wildman–Crippen MR) is 138 cm³/mol. The van der Waals surface area contributed by atoms with Crippen molar-refractivity contribution in [3.05, 3.63) is 77.9 Å². The van der Waals surface area contributed by atoms with Gasteiger partial charge in [-0.1, -0.05) is 60.7 Å². The van der Waals surface area contributed by atoms with E-state index in [9.17, 15) is 14.7 Å². The molecule has 3 aromatic carbocycles. The zero-order valence-corrected chi connectivity index (χ0v) is 19.7. The molecular weight excluding hydrogens is 458 g/mol. The lowest BCUT2D eigenvalue weighted by Crippen LogP contribution is -2.44. The predicted octanol–water partition coefficient (Wildman–Crippen LogP) is 2.52. The number of fused-ring (bicyclic) bond motifs is 1. The maximum absolute atomic E-state index is 11.5. The first-order chi connectivity index (χ1) is 17.3. The molecule has 10 heteroatoms. The Kier molecular flexibility index (Phi) is 7.36. The van der Waals surface area contributed by atoms with E-state index in [1.807, 2.05) is 19.1 Å². The largest absolute Gasteiger partial charge is 0.480 e. The Bertz CT molecular complexity index is 1390. The summed E-state index contributed by atoms with van der Waals surface area (Å²) in [5.74, 6) is -0.862. The van der Waals surface area contributed by atoms with Crippen LogP contribution in [-0.2, 0) is 16.0 Å². The van der Waals surface area contributed by atoms with Gasteiger partial charge in [0.05, 0.1) is 12.6 Å². The first kappa shape index (κ1) is 24.6. The average molecular weight is 486 g/mol. The highest BCUT2D eigenvalue weighted by molar-refractivity contribution is 5.85. The van der Waals surface area contributed by atoms with Crippen molar-refractivity contribution < 1.29 is 14.7 Å². The highest BCUT2D eigenvalue weighted by Gasteiger charge is 2.20. The summed E-state index contributed by atoms with van der Waals surface area (Å²) in [5, 5.41) is 17.4. The van der Waals surface area contributed by atoms with Crippen molar-refractivity contribution >= 4 is 34.5 Å². The van der Waals surface area contributed by atoms with E-state index in [-0.39, 0.29) is 25.0 Å². The fourth-order valence-electron chi connectivity index (χ4n) is 3.82. The van der Waals surface area contributed by atoms with Gasteiger partial charge < -0.3 is 27.2 Å². The van der Waals surface area contributed by atoms with Gasteiger partial charge in [0.15, 0.2) is 5.82 Å². The molecule has 0 unspecified atom stereocenters. The number of nitrogens with zero attached hydrogens (tertiary/aromatic N) is 3. The van der Waals surface area contributed by atoms with E-state index in [1.165, 1.54) is 5.39 Å². The second kappa shape index (κ2) is 10.8.